The lowest BCUT2D eigenvalue weighted by Gasteiger charge is -2.43. The van der Waals surface area contributed by atoms with Gasteiger partial charge in [0.1, 0.15) is 12.0 Å². The maximum absolute atomic E-state index is 16.0. The van der Waals surface area contributed by atoms with E-state index >= 15 is 4.39 Å². The highest BCUT2D eigenvalue weighted by Crippen LogP contribution is 2.37. The molecule has 0 aliphatic carbocycles. The molecule has 0 aliphatic rings. The molecule has 0 radical (unpaired) electrons. The minimum absolute atomic E-state index is 0.0258. The average molecular weight is 623 g/mol. The van der Waals surface area contributed by atoms with Crippen molar-refractivity contribution in [2.75, 3.05) is 13.2 Å². The van der Waals surface area contributed by atoms with E-state index in [0.717, 1.165) is 15.9 Å². The van der Waals surface area contributed by atoms with Crippen molar-refractivity contribution < 1.29 is 8.82 Å². The molecule has 2 heterocycles. The Labute approximate surface area is 266 Å². The van der Waals surface area contributed by atoms with Gasteiger partial charge in [-0.3, -0.25) is 14.3 Å². The fourth-order valence-corrected chi connectivity index (χ4v) is 10.7. The number of halogens is 1. The van der Waals surface area contributed by atoms with Gasteiger partial charge in [-0.15, -0.1) is 0 Å². The van der Waals surface area contributed by atoms with Crippen molar-refractivity contribution in [1.82, 2.24) is 19.9 Å². The van der Waals surface area contributed by atoms with Crippen molar-refractivity contribution in [1.29, 1.82) is 0 Å². The summed E-state index contributed by atoms with van der Waals surface area (Å²) < 4.78 is 24.6. The molecule has 0 saturated carbocycles. The van der Waals surface area contributed by atoms with Gasteiger partial charge in [-0.05, 0) is 33.0 Å². The molecule has 0 bridgehead atoms. The first-order chi connectivity index (χ1) is 21.6. The summed E-state index contributed by atoms with van der Waals surface area (Å²) in [6.07, 6.45) is 1.93. The molecule has 0 fully saturated rings. The lowest BCUT2D eigenvalue weighted by Crippen LogP contribution is -2.67. The second-order valence-electron chi connectivity index (χ2n) is 12.9. The number of nitrogens with zero attached hydrogens (tertiary/aromatic N) is 3. The van der Waals surface area contributed by atoms with Gasteiger partial charge in [-0.2, -0.15) is 0 Å². The Kier molecular flexibility index (Phi) is 10.1. The third-order valence-corrected chi connectivity index (χ3v) is 13.4. The van der Waals surface area contributed by atoms with E-state index in [1.807, 2.05) is 66.7 Å². The maximum Gasteiger partial charge on any atom is 0.261 e. The van der Waals surface area contributed by atoms with E-state index in [9.17, 15) is 4.79 Å². The highest BCUT2D eigenvalue weighted by Gasteiger charge is 2.50. The molecule has 5 rings (SSSR count). The monoisotopic (exact) mass is 622 g/mol. The normalized spacial score (nSPS) is 13.7. The van der Waals surface area contributed by atoms with Crippen molar-refractivity contribution in [3.05, 3.63) is 131 Å². The van der Waals surface area contributed by atoms with Crippen molar-refractivity contribution >= 4 is 29.6 Å². The van der Waals surface area contributed by atoms with Crippen molar-refractivity contribution in [3.8, 4) is 0 Å². The molecule has 0 aliphatic heterocycles. The Morgan fingerprint density at radius 1 is 0.889 bits per heavy atom. The van der Waals surface area contributed by atoms with Crippen LogP contribution in [0.15, 0.2) is 114 Å². The molecule has 3 aromatic carbocycles. The van der Waals surface area contributed by atoms with Crippen LogP contribution in [0.25, 0.3) is 10.9 Å². The van der Waals surface area contributed by atoms with Crippen LogP contribution in [0.2, 0.25) is 5.04 Å². The fourth-order valence-electron chi connectivity index (χ4n) is 6.16. The molecular weight excluding hydrogens is 580 g/mol. The van der Waals surface area contributed by atoms with Gasteiger partial charge in [0.25, 0.3) is 13.9 Å². The first-order valence-electron chi connectivity index (χ1n) is 15.6. The van der Waals surface area contributed by atoms with Gasteiger partial charge in [0.15, 0.2) is 0 Å². The number of alkyl halides is 1. The SMILES string of the molecule is CC(C)C(NCC(F)CO[Si](c1ccccc1)(c1ccccc1)C(C)(C)C)c1nc2cnccc2c(=O)n1Cc1ccccc1. The fraction of sp³-hybridized carbons (Fsp3) is 0.324. The third-order valence-electron chi connectivity index (χ3n) is 8.37. The van der Waals surface area contributed by atoms with Crippen LogP contribution >= 0.6 is 0 Å². The maximum atomic E-state index is 16.0. The average Bonchev–Trinajstić information content (AvgIpc) is 3.04. The molecule has 8 heteroatoms. The standard InChI is InChI=1S/C37H43FN4O2Si/c1-27(2)34(35-41-33-24-39-22-21-32(33)36(43)42(35)25-28-15-9-6-10-16-28)40-23-29(38)26-44-45(37(3,4)5,30-17-11-7-12-18-30)31-19-13-8-14-20-31/h6-22,24,27,29,34,40H,23,25-26H2,1-5H3. The van der Waals surface area contributed by atoms with E-state index in [4.69, 9.17) is 9.41 Å². The van der Waals surface area contributed by atoms with Crippen LogP contribution in [0.3, 0.4) is 0 Å². The quantitative estimate of drug-likeness (QED) is 0.172. The zero-order valence-corrected chi connectivity index (χ0v) is 27.8. The molecule has 2 atom stereocenters. The van der Waals surface area contributed by atoms with Gasteiger partial charge in [-0.1, -0.05) is 126 Å². The summed E-state index contributed by atoms with van der Waals surface area (Å²) in [7, 11) is -2.88. The second kappa shape index (κ2) is 14.0. The highest BCUT2D eigenvalue weighted by atomic mass is 28.4. The van der Waals surface area contributed by atoms with Crippen LogP contribution < -0.4 is 21.2 Å². The van der Waals surface area contributed by atoms with Crippen molar-refractivity contribution in [3.63, 3.8) is 0 Å². The number of hydrogen-bond donors (Lipinski definition) is 1. The Morgan fingerprint density at radius 3 is 2.02 bits per heavy atom. The Balaban J connectivity index is 1.43. The summed E-state index contributed by atoms with van der Waals surface area (Å²) in [6.45, 7) is 11.0. The van der Waals surface area contributed by atoms with E-state index in [-0.39, 0.29) is 35.7 Å². The molecule has 5 aromatic rings. The topological polar surface area (TPSA) is 69.0 Å². The summed E-state index contributed by atoms with van der Waals surface area (Å²) in [4.78, 5) is 22.9. The van der Waals surface area contributed by atoms with E-state index < -0.39 is 14.5 Å². The minimum atomic E-state index is -2.88. The first kappa shape index (κ1) is 32.4. The number of pyridine rings is 1. The second-order valence-corrected chi connectivity index (χ2v) is 17.2. The highest BCUT2D eigenvalue weighted by molar-refractivity contribution is 6.99. The van der Waals surface area contributed by atoms with Crippen LogP contribution in [0.1, 0.15) is 52.0 Å². The van der Waals surface area contributed by atoms with Crippen molar-refractivity contribution in [2.45, 2.75) is 58.4 Å². The van der Waals surface area contributed by atoms with Gasteiger partial charge >= 0.3 is 0 Å². The Morgan fingerprint density at radius 2 is 1.47 bits per heavy atom. The van der Waals surface area contributed by atoms with Crippen LogP contribution in [0.4, 0.5) is 4.39 Å². The summed E-state index contributed by atoms with van der Waals surface area (Å²) in [5, 5.41) is 5.91. The number of rotatable bonds is 12. The number of nitrogens with one attached hydrogen (secondary N) is 1. The zero-order chi connectivity index (χ0) is 32.0. The number of hydrogen-bond acceptors (Lipinski definition) is 5. The molecular formula is C37H43FN4O2Si. The molecule has 2 aromatic heterocycles. The van der Waals surface area contributed by atoms with Gasteiger partial charge in [-0.25, -0.2) is 9.37 Å². The number of benzene rings is 3. The summed E-state index contributed by atoms with van der Waals surface area (Å²) >= 11 is 0. The van der Waals surface area contributed by atoms with Crippen LogP contribution in [0.5, 0.6) is 0 Å². The Bertz CT molecular complexity index is 1700. The summed E-state index contributed by atoms with van der Waals surface area (Å²) in [5.74, 6) is 0.595. The molecule has 234 valence electrons. The number of aromatic nitrogens is 3. The van der Waals surface area contributed by atoms with Gasteiger partial charge in [0.2, 0.25) is 0 Å². The van der Waals surface area contributed by atoms with Crippen LogP contribution in [-0.4, -0.2) is 42.2 Å². The van der Waals surface area contributed by atoms with Gasteiger partial charge < -0.3 is 9.74 Å². The summed E-state index contributed by atoms with van der Waals surface area (Å²) in [6, 6.07) is 31.7. The minimum Gasteiger partial charge on any atom is -0.404 e. The largest absolute Gasteiger partial charge is 0.404 e. The molecule has 1 N–H and O–H groups in total. The van der Waals surface area contributed by atoms with Crippen LogP contribution in [-0.2, 0) is 11.0 Å². The molecule has 45 heavy (non-hydrogen) atoms. The smallest absolute Gasteiger partial charge is 0.261 e. The Hall–Kier alpha value is -3.98. The first-order valence-corrected chi connectivity index (χ1v) is 17.5. The molecule has 2 unspecified atom stereocenters. The summed E-state index contributed by atoms with van der Waals surface area (Å²) in [5.41, 5.74) is 1.38. The van der Waals surface area contributed by atoms with Crippen LogP contribution in [0, 0.1) is 5.92 Å². The third kappa shape index (κ3) is 6.98. The molecule has 0 saturated heterocycles. The number of fused-ring (bicyclic) bond motifs is 1. The van der Waals surface area contributed by atoms with E-state index in [0.29, 0.717) is 23.3 Å². The molecule has 0 amide bonds. The van der Waals surface area contributed by atoms with E-state index in [1.165, 1.54) is 0 Å². The molecule has 0 spiro atoms. The van der Waals surface area contributed by atoms with Gasteiger partial charge in [0, 0.05) is 12.7 Å². The predicted molar refractivity (Wildman–Crippen MR) is 183 cm³/mol. The van der Waals surface area contributed by atoms with E-state index in [2.05, 4.69) is 69.2 Å². The zero-order valence-electron chi connectivity index (χ0n) is 26.8. The van der Waals surface area contributed by atoms with E-state index in [1.54, 1.807) is 23.0 Å². The lowest BCUT2D eigenvalue weighted by molar-refractivity contribution is 0.175. The lowest BCUT2D eigenvalue weighted by atomic mass is 10.0. The van der Waals surface area contributed by atoms with Gasteiger partial charge in [0.05, 0.1) is 36.3 Å². The predicted octanol–water partition coefficient (Wildman–Crippen LogP) is 6.04. The molecule has 6 nitrogen and oxygen atoms in total. The van der Waals surface area contributed by atoms with Crippen molar-refractivity contribution in [2.24, 2.45) is 5.92 Å².